The second-order valence-electron chi connectivity index (χ2n) is 5.66. The van der Waals surface area contributed by atoms with Crippen LogP contribution in [-0.2, 0) is 0 Å². The summed E-state index contributed by atoms with van der Waals surface area (Å²) >= 11 is 0. The third-order valence-electron chi connectivity index (χ3n) is 4.45. The molecule has 2 atom stereocenters. The second-order valence-corrected chi connectivity index (χ2v) is 5.66. The molecule has 0 radical (unpaired) electrons. The summed E-state index contributed by atoms with van der Waals surface area (Å²) in [6.45, 7) is 3.68. The molecule has 0 spiro atoms. The Morgan fingerprint density at radius 1 is 1.40 bits per heavy atom. The number of nitrogens with one attached hydrogen (secondary N) is 1. The van der Waals surface area contributed by atoms with Gasteiger partial charge in [-0.15, -0.1) is 0 Å². The predicted octanol–water partition coefficient (Wildman–Crippen LogP) is 3.10. The lowest BCUT2D eigenvalue weighted by Crippen LogP contribution is -2.31. The largest absolute Gasteiger partial charge is 0.396 e. The fourth-order valence-electron chi connectivity index (χ4n) is 3.40. The SMILES string of the molecule is CCC(NC)c1ccccc1N1CCCC1CCCO. The van der Waals surface area contributed by atoms with Gasteiger partial charge in [-0.2, -0.15) is 0 Å². The predicted molar refractivity (Wildman–Crippen MR) is 85.2 cm³/mol. The fourth-order valence-corrected chi connectivity index (χ4v) is 3.40. The number of aliphatic hydroxyl groups is 1. The molecule has 1 aromatic carbocycles. The van der Waals surface area contributed by atoms with E-state index in [0.717, 1.165) is 25.8 Å². The summed E-state index contributed by atoms with van der Waals surface area (Å²) in [4.78, 5) is 2.56. The van der Waals surface area contributed by atoms with Gasteiger partial charge in [0.05, 0.1) is 0 Å². The van der Waals surface area contributed by atoms with Crippen LogP contribution in [0.5, 0.6) is 0 Å². The first-order chi connectivity index (χ1) is 9.81. The molecule has 1 aromatic rings. The fraction of sp³-hybridized carbons (Fsp3) is 0.647. The number of benzene rings is 1. The lowest BCUT2D eigenvalue weighted by molar-refractivity contribution is 0.279. The molecule has 112 valence electrons. The van der Waals surface area contributed by atoms with Crippen molar-refractivity contribution in [1.29, 1.82) is 0 Å². The first-order valence-electron chi connectivity index (χ1n) is 7.95. The van der Waals surface area contributed by atoms with E-state index in [1.54, 1.807) is 0 Å². The monoisotopic (exact) mass is 276 g/mol. The van der Waals surface area contributed by atoms with E-state index in [1.807, 2.05) is 7.05 Å². The number of nitrogens with zero attached hydrogens (tertiary/aromatic N) is 1. The van der Waals surface area contributed by atoms with E-state index in [1.165, 1.54) is 24.1 Å². The van der Waals surface area contributed by atoms with Crippen LogP contribution in [0.3, 0.4) is 0 Å². The topological polar surface area (TPSA) is 35.5 Å². The van der Waals surface area contributed by atoms with Crippen molar-refractivity contribution in [2.45, 2.75) is 51.1 Å². The minimum Gasteiger partial charge on any atom is -0.396 e. The molecule has 1 aliphatic heterocycles. The lowest BCUT2D eigenvalue weighted by atomic mass is 10.0. The average Bonchev–Trinajstić information content (AvgIpc) is 2.95. The van der Waals surface area contributed by atoms with E-state index in [9.17, 15) is 0 Å². The zero-order chi connectivity index (χ0) is 14.4. The van der Waals surface area contributed by atoms with Crippen LogP contribution in [-0.4, -0.2) is 31.3 Å². The molecule has 0 bridgehead atoms. The van der Waals surface area contributed by atoms with Gasteiger partial charge in [0, 0.05) is 30.9 Å². The number of hydrogen-bond donors (Lipinski definition) is 2. The first kappa shape index (κ1) is 15.3. The number of aliphatic hydroxyl groups excluding tert-OH is 1. The molecule has 0 aromatic heterocycles. The molecular formula is C17H28N2O. The van der Waals surface area contributed by atoms with Crippen molar-refractivity contribution in [3.63, 3.8) is 0 Å². The molecular weight excluding hydrogens is 248 g/mol. The molecule has 1 aliphatic rings. The van der Waals surface area contributed by atoms with Gasteiger partial charge in [-0.05, 0) is 50.8 Å². The molecule has 3 nitrogen and oxygen atoms in total. The Kier molecular flexibility index (Phi) is 5.86. The average molecular weight is 276 g/mol. The summed E-state index contributed by atoms with van der Waals surface area (Å²) < 4.78 is 0. The summed E-state index contributed by atoms with van der Waals surface area (Å²) in [5.74, 6) is 0. The number of hydrogen-bond acceptors (Lipinski definition) is 3. The van der Waals surface area contributed by atoms with Crippen molar-refractivity contribution in [3.05, 3.63) is 29.8 Å². The van der Waals surface area contributed by atoms with Gasteiger partial charge in [0.25, 0.3) is 0 Å². The summed E-state index contributed by atoms with van der Waals surface area (Å²) in [5.41, 5.74) is 2.79. The van der Waals surface area contributed by atoms with E-state index in [2.05, 4.69) is 41.4 Å². The maximum atomic E-state index is 9.07. The Labute approximate surface area is 123 Å². The Bertz CT molecular complexity index is 404. The highest BCUT2D eigenvalue weighted by Gasteiger charge is 2.26. The van der Waals surface area contributed by atoms with E-state index >= 15 is 0 Å². The first-order valence-corrected chi connectivity index (χ1v) is 7.95. The van der Waals surface area contributed by atoms with Crippen molar-refractivity contribution in [2.75, 3.05) is 25.1 Å². The summed E-state index contributed by atoms with van der Waals surface area (Å²) in [6.07, 6.45) is 5.63. The van der Waals surface area contributed by atoms with Gasteiger partial charge >= 0.3 is 0 Å². The van der Waals surface area contributed by atoms with Crippen LogP contribution in [0, 0.1) is 0 Å². The van der Waals surface area contributed by atoms with E-state index < -0.39 is 0 Å². The molecule has 1 heterocycles. The number of anilines is 1. The van der Waals surface area contributed by atoms with Crippen LogP contribution in [0.1, 0.15) is 50.6 Å². The van der Waals surface area contributed by atoms with Crippen LogP contribution in [0.25, 0.3) is 0 Å². The molecule has 0 aliphatic carbocycles. The van der Waals surface area contributed by atoms with E-state index in [-0.39, 0.29) is 0 Å². The van der Waals surface area contributed by atoms with Crippen LogP contribution >= 0.6 is 0 Å². The minimum absolute atomic E-state index is 0.306. The zero-order valence-corrected chi connectivity index (χ0v) is 12.8. The maximum absolute atomic E-state index is 9.07. The Morgan fingerprint density at radius 3 is 2.90 bits per heavy atom. The van der Waals surface area contributed by atoms with Crippen molar-refractivity contribution < 1.29 is 5.11 Å². The number of para-hydroxylation sites is 1. The molecule has 1 saturated heterocycles. The molecule has 0 amide bonds. The summed E-state index contributed by atoms with van der Waals surface area (Å²) in [5, 5.41) is 12.5. The Balaban J connectivity index is 2.22. The quantitative estimate of drug-likeness (QED) is 0.803. The number of rotatable bonds is 7. The van der Waals surface area contributed by atoms with E-state index in [4.69, 9.17) is 5.11 Å². The smallest absolute Gasteiger partial charge is 0.0431 e. The van der Waals surface area contributed by atoms with Gasteiger partial charge in [0.1, 0.15) is 0 Å². The zero-order valence-electron chi connectivity index (χ0n) is 12.8. The third kappa shape index (κ3) is 3.33. The lowest BCUT2D eigenvalue weighted by Gasteiger charge is -2.31. The Morgan fingerprint density at radius 2 is 2.20 bits per heavy atom. The van der Waals surface area contributed by atoms with Crippen LogP contribution < -0.4 is 10.2 Å². The van der Waals surface area contributed by atoms with Gasteiger partial charge in [-0.1, -0.05) is 25.1 Å². The summed E-state index contributed by atoms with van der Waals surface area (Å²) in [6, 6.07) is 9.80. The molecule has 2 N–H and O–H groups in total. The van der Waals surface area contributed by atoms with Crippen LogP contribution in [0.4, 0.5) is 5.69 Å². The Hall–Kier alpha value is -1.06. The van der Waals surface area contributed by atoms with E-state index in [0.29, 0.717) is 18.7 Å². The second kappa shape index (κ2) is 7.65. The van der Waals surface area contributed by atoms with Gasteiger partial charge < -0.3 is 15.3 Å². The van der Waals surface area contributed by atoms with Crippen molar-refractivity contribution >= 4 is 5.69 Å². The van der Waals surface area contributed by atoms with Crippen molar-refractivity contribution in [2.24, 2.45) is 0 Å². The van der Waals surface area contributed by atoms with Gasteiger partial charge in [0.2, 0.25) is 0 Å². The molecule has 3 heteroatoms. The highest BCUT2D eigenvalue weighted by Crippen LogP contribution is 2.34. The molecule has 2 rings (SSSR count). The van der Waals surface area contributed by atoms with Crippen LogP contribution in [0.15, 0.2) is 24.3 Å². The normalized spacial score (nSPS) is 20.4. The molecule has 2 unspecified atom stereocenters. The van der Waals surface area contributed by atoms with Gasteiger partial charge in [0.15, 0.2) is 0 Å². The minimum atomic E-state index is 0.306. The molecule has 20 heavy (non-hydrogen) atoms. The molecule has 0 saturated carbocycles. The standard InChI is InChI=1S/C17H28N2O/c1-3-16(18-2)15-10-4-5-11-17(15)19-12-6-8-14(19)9-7-13-20/h4-5,10-11,14,16,18,20H,3,6-9,12-13H2,1-2H3. The van der Waals surface area contributed by atoms with Gasteiger partial charge in [-0.25, -0.2) is 0 Å². The maximum Gasteiger partial charge on any atom is 0.0431 e. The summed E-state index contributed by atoms with van der Waals surface area (Å²) in [7, 11) is 2.04. The van der Waals surface area contributed by atoms with Crippen molar-refractivity contribution in [3.8, 4) is 0 Å². The highest BCUT2D eigenvalue weighted by atomic mass is 16.2. The van der Waals surface area contributed by atoms with Crippen molar-refractivity contribution in [1.82, 2.24) is 5.32 Å². The molecule has 1 fully saturated rings. The highest BCUT2D eigenvalue weighted by molar-refractivity contribution is 5.56. The van der Waals surface area contributed by atoms with Gasteiger partial charge in [-0.3, -0.25) is 0 Å². The third-order valence-corrected chi connectivity index (χ3v) is 4.45. The van der Waals surface area contributed by atoms with Crippen LogP contribution in [0.2, 0.25) is 0 Å².